The van der Waals surface area contributed by atoms with Crippen molar-refractivity contribution < 1.29 is 14.3 Å². The maximum Gasteiger partial charge on any atom is 0.328 e. The number of carbonyl (C=O) groups excluding carboxylic acids is 2. The predicted octanol–water partition coefficient (Wildman–Crippen LogP) is 2.08. The molecule has 0 radical (unpaired) electrons. The molecular formula is C14H20N2O3. The van der Waals surface area contributed by atoms with Gasteiger partial charge in [0, 0.05) is 16.9 Å². The molecule has 1 unspecified atom stereocenters. The Morgan fingerprint density at radius 2 is 1.95 bits per heavy atom. The molecule has 5 heteroatoms. The number of methoxy groups -OCH3 is 1. The molecule has 0 aliphatic heterocycles. The van der Waals surface area contributed by atoms with Crippen LogP contribution in [-0.2, 0) is 9.53 Å². The van der Waals surface area contributed by atoms with Gasteiger partial charge in [-0.05, 0) is 31.0 Å². The Morgan fingerprint density at radius 3 is 2.37 bits per heavy atom. The molecule has 0 bridgehead atoms. The number of benzene rings is 1. The van der Waals surface area contributed by atoms with Gasteiger partial charge < -0.3 is 15.8 Å². The molecule has 1 rings (SSSR count). The van der Waals surface area contributed by atoms with E-state index in [9.17, 15) is 9.59 Å². The third kappa shape index (κ3) is 3.71. The molecule has 0 aliphatic carbocycles. The van der Waals surface area contributed by atoms with Crippen LogP contribution in [0.25, 0.3) is 0 Å². The van der Waals surface area contributed by atoms with Crippen LogP contribution >= 0.6 is 0 Å². The highest BCUT2D eigenvalue weighted by atomic mass is 16.5. The number of carbonyl (C=O) groups is 2. The maximum atomic E-state index is 11.6. The van der Waals surface area contributed by atoms with E-state index >= 15 is 0 Å². The molecule has 0 amide bonds. The van der Waals surface area contributed by atoms with Crippen LogP contribution in [0.3, 0.4) is 0 Å². The highest BCUT2D eigenvalue weighted by Gasteiger charge is 2.22. The zero-order valence-corrected chi connectivity index (χ0v) is 11.7. The fraction of sp³-hybridized carbons (Fsp3) is 0.429. The largest absolute Gasteiger partial charge is 0.467 e. The number of rotatable bonds is 5. The van der Waals surface area contributed by atoms with Crippen LogP contribution in [0.5, 0.6) is 0 Å². The second kappa shape index (κ2) is 6.22. The van der Waals surface area contributed by atoms with Crippen LogP contribution in [0, 0.1) is 5.92 Å². The molecule has 0 spiro atoms. The average molecular weight is 264 g/mol. The van der Waals surface area contributed by atoms with E-state index in [4.69, 9.17) is 10.5 Å². The Morgan fingerprint density at radius 1 is 1.32 bits per heavy atom. The Balaban J connectivity index is 2.95. The fourth-order valence-electron chi connectivity index (χ4n) is 1.78. The highest BCUT2D eigenvalue weighted by Crippen LogP contribution is 2.20. The van der Waals surface area contributed by atoms with Gasteiger partial charge in [-0.3, -0.25) is 4.79 Å². The van der Waals surface area contributed by atoms with E-state index in [-0.39, 0.29) is 17.7 Å². The maximum absolute atomic E-state index is 11.6. The second-order valence-corrected chi connectivity index (χ2v) is 4.75. The second-order valence-electron chi connectivity index (χ2n) is 4.75. The van der Waals surface area contributed by atoms with Crippen LogP contribution in [0.2, 0.25) is 0 Å². The zero-order chi connectivity index (χ0) is 14.6. The summed E-state index contributed by atoms with van der Waals surface area (Å²) >= 11 is 0. The SMILES string of the molecule is COC(=O)C(Nc1ccc(C(C)=O)c(N)c1)C(C)C. The monoisotopic (exact) mass is 264 g/mol. The minimum Gasteiger partial charge on any atom is -0.467 e. The first-order chi connectivity index (χ1) is 8.86. The Labute approximate surface area is 113 Å². The van der Waals surface area contributed by atoms with Crippen molar-refractivity contribution in [1.29, 1.82) is 0 Å². The number of nitrogen functional groups attached to an aromatic ring is 1. The van der Waals surface area contributed by atoms with E-state index in [1.807, 2.05) is 13.8 Å². The first-order valence-corrected chi connectivity index (χ1v) is 6.11. The van der Waals surface area contributed by atoms with Crippen LogP contribution in [0.1, 0.15) is 31.1 Å². The van der Waals surface area contributed by atoms with Crippen molar-refractivity contribution >= 4 is 23.1 Å². The van der Waals surface area contributed by atoms with Crippen LogP contribution in [-0.4, -0.2) is 24.9 Å². The Bertz CT molecular complexity index is 484. The molecule has 3 N–H and O–H groups in total. The lowest BCUT2D eigenvalue weighted by molar-refractivity contribution is -0.142. The topological polar surface area (TPSA) is 81.4 Å². The van der Waals surface area contributed by atoms with Gasteiger partial charge in [-0.15, -0.1) is 0 Å². The number of anilines is 2. The molecule has 104 valence electrons. The highest BCUT2D eigenvalue weighted by molar-refractivity contribution is 5.99. The molecule has 19 heavy (non-hydrogen) atoms. The summed E-state index contributed by atoms with van der Waals surface area (Å²) in [5, 5.41) is 3.07. The van der Waals surface area contributed by atoms with Gasteiger partial charge in [0.1, 0.15) is 6.04 Å². The van der Waals surface area contributed by atoms with Crippen LogP contribution in [0.4, 0.5) is 11.4 Å². The standard InChI is InChI=1S/C14H20N2O3/c1-8(2)13(14(18)19-4)16-10-5-6-11(9(3)17)12(15)7-10/h5-8,13,16H,15H2,1-4H3. The lowest BCUT2D eigenvalue weighted by atomic mass is 10.0. The minimum atomic E-state index is -0.451. The van der Waals surface area contributed by atoms with E-state index in [2.05, 4.69) is 5.32 Å². The summed E-state index contributed by atoms with van der Waals surface area (Å²) in [6.45, 7) is 5.30. The molecule has 0 aliphatic rings. The van der Waals surface area contributed by atoms with Gasteiger partial charge in [0.15, 0.2) is 5.78 Å². The number of hydrogen-bond acceptors (Lipinski definition) is 5. The molecule has 5 nitrogen and oxygen atoms in total. The van der Waals surface area contributed by atoms with E-state index < -0.39 is 6.04 Å². The zero-order valence-electron chi connectivity index (χ0n) is 11.7. The summed E-state index contributed by atoms with van der Waals surface area (Å²) in [6, 6.07) is 4.57. The van der Waals surface area contributed by atoms with Crippen molar-refractivity contribution in [2.45, 2.75) is 26.8 Å². The molecule has 0 heterocycles. The number of Topliss-reactive ketones (excluding diaryl/α,β-unsaturated/α-hetero) is 1. The van der Waals surface area contributed by atoms with Gasteiger partial charge >= 0.3 is 5.97 Å². The number of hydrogen-bond donors (Lipinski definition) is 2. The van der Waals surface area contributed by atoms with E-state index in [0.717, 1.165) is 0 Å². The summed E-state index contributed by atoms with van der Waals surface area (Å²) in [5.74, 6) is -0.345. The molecule has 1 aromatic rings. The van der Waals surface area contributed by atoms with E-state index in [1.165, 1.54) is 14.0 Å². The van der Waals surface area contributed by atoms with Crippen molar-refractivity contribution in [2.24, 2.45) is 5.92 Å². The lowest BCUT2D eigenvalue weighted by Crippen LogP contribution is -2.35. The lowest BCUT2D eigenvalue weighted by Gasteiger charge is -2.21. The molecule has 1 aromatic carbocycles. The summed E-state index contributed by atoms with van der Waals surface area (Å²) in [6.07, 6.45) is 0. The molecule has 0 saturated heterocycles. The summed E-state index contributed by atoms with van der Waals surface area (Å²) < 4.78 is 4.75. The first kappa shape index (κ1) is 15.0. The van der Waals surface area contributed by atoms with Gasteiger partial charge in [0.25, 0.3) is 0 Å². The van der Waals surface area contributed by atoms with Crippen molar-refractivity contribution in [3.8, 4) is 0 Å². The van der Waals surface area contributed by atoms with Crippen molar-refractivity contribution in [2.75, 3.05) is 18.2 Å². The number of esters is 1. The number of nitrogens with one attached hydrogen (secondary N) is 1. The van der Waals surface area contributed by atoms with E-state index in [0.29, 0.717) is 16.9 Å². The molecule has 0 fully saturated rings. The number of ketones is 1. The summed E-state index contributed by atoms with van der Waals surface area (Å²) in [4.78, 5) is 22.9. The molecule has 1 atom stereocenters. The third-order valence-electron chi connectivity index (χ3n) is 2.87. The summed E-state index contributed by atoms with van der Waals surface area (Å²) in [5.41, 5.74) is 7.36. The first-order valence-electron chi connectivity index (χ1n) is 6.11. The van der Waals surface area contributed by atoms with Gasteiger partial charge in [-0.25, -0.2) is 4.79 Å². The number of nitrogens with two attached hydrogens (primary N) is 1. The van der Waals surface area contributed by atoms with Gasteiger partial charge in [0.05, 0.1) is 7.11 Å². The Kier molecular flexibility index (Phi) is 4.92. The summed E-state index contributed by atoms with van der Waals surface area (Å²) in [7, 11) is 1.35. The molecular weight excluding hydrogens is 244 g/mol. The van der Waals surface area contributed by atoms with Gasteiger partial charge in [-0.1, -0.05) is 13.8 Å². The van der Waals surface area contributed by atoms with Crippen molar-refractivity contribution in [3.05, 3.63) is 23.8 Å². The average Bonchev–Trinajstić information content (AvgIpc) is 2.34. The minimum absolute atomic E-state index is 0.0705. The van der Waals surface area contributed by atoms with Crippen molar-refractivity contribution in [1.82, 2.24) is 0 Å². The smallest absolute Gasteiger partial charge is 0.328 e. The van der Waals surface area contributed by atoms with Crippen LogP contribution < -0.4 is 11.1 Å². The Hall–Kier alpha value is -2.04. The quantitative estimate of drug-likeness (QED) is 0.483. The normalized spacial score (nSPS) is 12.1. The predicted molar refractivity (Wildman–Crippen MR) is 75.1 cm³/mol. The molecule has 0 saturated carbocycles. The van der Waals surface area contributed by atoms with E-state index in [1.54, 1.807) is 18.2 Å². The van der Waals surface area contributed by atoms with Crippen molar-refractivity contribution in [3.63, 3.8) is 0 Å². The molecule has 0 aromatic heterocycles. The fourth-order valence-corrected chi connectivity index (χ4v) is 1.78. The van der Waals surface area contributed by atoms with Gasteiger partial charge in [-0.2, -0.15) is 0 Å². The number of ether oxygens (including phenoxy) is 1. The van der Waals surface area contributed by atoms with Crippen LogP contribution in [0.15, 0.2) is 18.2 Å². The third-order valence-corrected chi connectivity index (χ3v) is 2.87. The van der Waals surface area contributed by atoms with Gasteiger partial charge in [0.2, 0.25) is 0 Å².